The molecule has 4 nitrogen and oxygen atoms in total. The van der Waals surface area contributed by atoms with Crippen LogP contribution in [0.1, 0.15) is 37.9 Å². The van der Waals surface area contributed by atoms with E-state index < -0.39 is 0 Å². The molecule has 0 radical (unpaired) electrons. The van der Waals surface area contributed by atoms with Crippen LogP contribution in [0, 0.1) is 5.41 Å². The molecule has 5 heteroatoms. The minimum atomic E-state index is 0.0675. The lowest BCUT2D eigenvalue weighted by atomic mass is 9.81. The number of aryl methyl sites for hydroxylation is 1. The van der Waals surface area contributed by atoms with Gasteiger partial charge >= 0.3 is 0 Å². The lowest BCUT2D eigenvalue weighted by Gasteiger charge is -2.34. The van der Waals surface area contributed by atoms with Crippen molar-refractivity contribution in [1.82, 2.24) is 15.6 Å². The number of amides is 1. The number of carbonyl (C=O) groups excluding carboxylic acids is 1. The predicted molar refractivity (Wildman–Crippen MR) is 104 cm³/mol. The Labute approximate surface area is 154 Å². The maximum atomic E-state index is 12.3. The van der Waals surface area contributed by atoms with E-state index in [9.17, 15) is 4.79 Å². The van der Waals surface area contributed by atoms with E-state index in [4.69, 9.17) is 0 Å². The van der Waals surface area contributed by atoms with Crippen LogP contribution in [0.5, 0.6) is 0 Å². The van der Waals surface area contributed by atoms with Gasteiger partial charge < -0.3 is 10.6 Å². The molecule has 0 spiro atoms. The van der Waals surface area contributed by atoms with Crippen LogP contribution in [0.4, 0.5) is 0 Å². The SMILES string of the molecule is CCc1ccc(-c2nc(CC(=O)NCC3(C)CCNCC3)cs2)cc1. The Morgan fingerprint density at radius 2 is 2.00 bits per heavy atom. The molecule has 1 aromatic heterocycles. The van der Waals surface area contributed by atoms with Crippen molar-refractivity contribution in [3.05, 3.63) is 40.9 Å². The second-order valence-corrected chi connectivity index (χ2v) is 8.07. The highest BCUT2D eigenvalue weighted by atomic mass is 32.1. The van der Waals surface area contributed by atoms with Crippen LogP contribution in [0.25, 0.3) is 10.6 Å². The average molecular weight is 358 g/mol. The van der Waals surface area contributed by atoms with E-state index >= 15 is 0 Å². The van der Waals surface area contributed by atoms with Gasteiger partial charge in [0.25, 0.3) is 0 Å². The topological polar surface area (TPSA) is 54.0 Å². The zero-order chi connectivity index (χ0) is 17.7. The Morgan fingerprint density at radius 3 is 2.68 bits per heavy atom. The first-order valence-corrected chi connectivity index (χ1v) is 9.97. The third kappa shape index (κ3) is 4.89. The van der Waals surface area contributed by atoms with Gasteiger partial charge in [-0.15, -0.1) is 11.3 Å². The number of nitrogens with zero attached hydrogens (tertiary/aromatic N) is 1. The lowest BCUT2D eigenvalue weighted by molar-refractivity contribution is -0.121. The molecule has 0 unspecified atom stereocenters. The molecule has 1 aliphatic rings. The van der Waals surface area contributed by atoms with Crippen molar-refractivity contribution in [2.24, 2.45) is 5.41 Å². The average Bonchev–Trinajstić information content (AvgIpc) is 3.09. The van der Waals surface area contributed by atoms with Gasteiger partial charge in [-0.2, -0.15) is 0 Å². The molecule has 0 atom stereocenters. The minimum Gasteiger partial charge on any atom is -0.355 e. The molecule has 2 heterocycles. The van der Waals surface area contributed by atoms with E-state index in [0.717, 1.165) is 55.2 Å². The fourth-order valence-corrected chi connectivity index (χ4v) is 3.98. The van der Waals surface area contributed by atoms with Gasteiger partial charge in [0.15, 0.2) is 0 Å². The zero-order valence-electron chi connectivity index (χ0n) is 15.1. The summed E-state index contributed by atoms with van der Waals surface area (Å²) in [4.78, 5) is 16.9. The molecule has 25 heavy (non-hydrogen) atoms. The van der Waals surface area contributed by atoms with Gasteiger partial charge in [0.05, 0.1) is 12.1 Å². The molecule has 134 valence electrons. The fraction of sp³-hybridized carbons (Fsp3) is 0.500. The Balaban J connectivity index is 1.54. The number of hydrogen-bond acceptors (Lipinski definition) is 4. The maximum Gasteiger partial charge on any atom is 0.226 e. The van der Waals surface area contributed by atoms with E-state index in [1.165, 1.54) is 5.56 Å². The van der Waals surface area contributed by atoms with Crippen molar-refractivity contribution in [1.29, 1.82) is 0 Å². The number of piperidine rings is 1. The quantitative estimate of drug-likeness (QED) is 0.833. The first-order chi connectivity index (χ1) is 12.1. The number of hydrogen-bond donors (Lipinski definition) is 2. The second kappa shape index (κ2) is 8.11. The molecule has 2 N–H and O–H groups in total. The van der Waals surface area contributed by atoms with Gasteiger partial charge in [0.1, 0.15) is 5.01 Å². The molecular weight excluding hydrogens is 330 g/mol. The first-order valence-electron chi connectivity index (χ1n) is 9.09. The number of aromatic nitrogens is 1. The van der Waals surface area contributed by atoms with Crippen molar-refractivity contribution in [3.8, 4) is 10.6 Å². The largest absolute Gasteiger partial charge is 0.355 e. The summed E-state index contributed by atoms with van der Waals surface area (Å²) in [6.45, 7) is 7.24. The highest BCUT2D eigenvalue weighted by Gasteiger charge is 2.27. The highest BCUT2D eigenvalue weighted by molar-refractivity contribution is 7.13. The Morgan fingerprint density at radius 1 is 1.28 bits per heavy atom. The van der Waals surface area contributed by atoms with Crippen LogP contribution in [0.3, 0.4) is 0 Å². The van der Waals surface area contributed by atoms with Crippen LogP contribution in [0.2, 0.25) is 0 Å². The summed E-state index contributed by atoms with van der Waals surface area (Å²) in [5.41, 5.74) is 3.52. The molecule has 1 saturated heterocycles. The molecule has 0 bridgehead atoms. The van der Waals surface area contributed by atoms with Crippen molar-refractivity contribution in [3.63, 3.8) is 0 Å². The van der Waals surface area contributed by atoms with Crippen LogP contribution < -0.4 is 10.6 Å². The molecule has 0 saturated carbocycles. The van der Waals surface area contributed by atoms with Gasteiger partial charge in [0, 0.05) is 17.5 Å². The van der Waals surface area contributed by atoms with E-state index in [0.29, 0.717) is 6.42 Å². The summed E-state index contributed by atoms with van der Waals surface area (Å²) in [5, 5.41) is 9.45. The normalized spacial score (nSPS) is 16.6. The molecule has 3 rings (SSSR count). The Kier molecular flexibility index (Phi) is 5.86. The molecule has 1 aliphatic heterocycles. The van der Waals surface area contributed by atoms with E-state index in [1.807, 2.05) is 5.38 Å². The molecule has 1 amide bonds. The summed E-state index contributed by atoms with van der Waals surface area (Å²) in [5.74, 6) is 0.0675. The van der Waals surface area contributed by atoms with Crippen molar-refractivity contribution < 1.29 is 4.79 Å². The van der Waals surface area contributed by atoms with Crippen molar-refractivity contribution in [2.45, 2.75) is 39.5 Å². The Bertz CT molecular complexity index is 702. The zero-order valence-corrected chi connectivity index (χ0v) is 15.9. The predicted octanol–water partition coefficient (Wildman–Crippen LogP) is 3.42. The van der Waals surface area contributed by atoms with Crippen LogP contribution in [0.15, 0.2) is 29.6 Å². The number of benzene rings is 1. The van der Waals surface area contributed by atoms with E-state index in [-0.39, 0.29) is 11.3 Å². The summed E-state index contributed by atoms with van der Waals surface area (Å²) in [7, 11) is 0. The second-order valence-electron chi connectivity index (χ2n) is 7.21. The molecule has 1 fully saturated rings. The summed E-state index contributed by atoms with van der Waals surface area (Å²) < 4.78 is 0. The van der Waals surface area contributed by atoms with Gasteiger partial charge in [-0.1, -0.05) is 38.1 Å². The van der Waals surface area contributed by atoms with Gasteiger partial charge in [-0.05, 0) is 43.3 Å². The number of thiazole rings is 1. The molecule has 2 aromatic rings. The molecular formula is C20H27N3OS. The van der Waals surface area contributed by atoms with Gasteiger partial charge in [-0.25, -0.2) is 4.98 Å². The molecule has 0 aliphatic carbocycles. The van der Waals surface area contributed by atoms with Gasteiger partial charge in [0.2, 0.25) is 5.91 Å². The van der Waals surface area contributed by atoms with E-state index in [2.05, 4.69) is 53.7 Å². The standard InChI is InChI=1S/C20H27N3OS/c1-3-15-4-6-16(7-5-15)19-23-17(13-25-19)12-18(24)22-14-20(2)8-10-21-11-9-20/h4-7,13,21H,3,8-12,14H2,1-2H3,(H,22,24). The van der Waals surface area contributed by atoms with Crippen molar-refractivity contribution >= 4 is 17.2 Å². The summed E-state index contributed by atoms with van der Waals surface area (Å²) >= 11 is 1.60. The third-order valence-corrected chi connectivity index (χ3v) is 5.97. The third-order valence-electron chi connectivity index (χ3n) is 5.03. The van der Waals surface area contributed by atoms with Crippen LogP contribution in [-0.4, -0.2) is 30.5 Å². The van der Waals surface area contributed by atoms with Crippen molar-refractivity contribution in [2.75, 3.05) is 19.6 Å². The van der Waals surface area contributed by atoms with Crippen LogP contribution in [-0.2, 0) is 17.6 Å². The fourth-order valence-electron chi connectivity index (χ4n) is 3.15. The number of nitrogens with one attached hydrogen (secondary N) is 2. The molecule has 1 aromatic carbocycles. The highest BCUT2D eigenvalue weighted by Crippen LogP contribution is 2.27. The minimum absolute atomic E-state index is 0.0675. The first kappa shape index (κ1) is 18.1. The summed E-state index contributed by atoms with van der Waals surface area (Å²) in [6.07, 6.45) is 3.63. The van der Waals surface area contributed by atoms with Crippen LogP contribution >= 0.6 is 11.3 Å². The maximum absolute atomic E-state index is 12.3. The van der Waals surface area contributed by atoms with E-state index in [1.54, 1.807) is 11.3 Å². The monoisotopic (exact) mass is 357 g/mol. The number of carbonyl (C=O) groups is 1. The smallest absolute Gasteiger partial charge is 0.226 e. The number of rotatable bonds is 6. The van der Waals surface area contributed by atoms with Gasteiger partial charge in [-0.3, -0.25) is 4.79 Å². The summed E-state index contributed by atoms with van der Waals surface area (Å²) in [6, 6.07) is 8.50. The lowest BCUT2D eigenvalue weighted by Crippen LogP contribution is -2.43. The Hall–Kier alpha value is -1.72.